The number of carbonyl (C=O) groups is 2. The molecule has 1 saturated heterocycles. The molecule has 9 atom stereocenters. The molecule has 4 unspecified atom stereocenters. The van der Waals surface area contributed by atoms with E-state index >= 15 is 0 Å². The number of alkyl carbamates (subject to hydrolysis) is 2. The lowest BCUT2D eigenvalue weighted by molar-refractivity contribution is -0.299. The largest absolute Gasteiger partial charge is 0.445 e. The van der Waals surface area contributed by atoms with E-state index in [0.29, 0.717) is 5.56 Å². The molecule has 0 bridgehead atoms. The lowest BCUT2D eigenvalue weighted by Crippen LogP contribution is -2.66. The molecule has 0 spiro atoms. The molecule has 1 aliphatic heterocycles. The van der Waals surface area contributed by atoms with Gasteiger partial charge in [-0.15, -0.1) is 0 Å². The predicted octanol–water partition coefficient (Wildman–Crippen LogP) is -2.29. The second-order valence-corrected chi connectivity index (χ2v) is 10.2. The first kappa shape index (κ1) is 33.6. The van der Waals surface area contributed by atoms with Gasteiger partial charge in [-0.05, 0) is 26.3 Å². The van der Waals surface area contributed by atoms with Crippen LogP contribution in [0.1, 0.15) is 26.3 Å². The average Bonchev–Trinajstić information content (AvgIpc) is 2.91. The third-order valence-corrected chi connectivity index (χ3v) is 5.88. The zero-order valence-corrected chi connectivity index (χ0v) is 22.5. The van der Waals surface area contributed by atoms with Gasteiger partial charge in [-0.25, -0.2) is 9.59 Å². The quantitative estimate of drug-likeness (QED) is 0.127. The van der Waals surface area contributed by atoms with Crippen LogP contribution in [0.3, 0.4) is 0 Å². The van der Waals surface area contributed by atoms with Crippen LogP contribution in [0.4, 0.5) is 9.59 Å². The normalized spacial score (nSPS) is 26.2. The summed E-state index contributed by atoms with van der Waals surface area (Å²) in [7, 11) is 0. The van der Waals surface area contributed by atoms with Crippen LogP contribution in [0.25, 0.3) is 0 Å². The summed E-state index contributed by atoms with van der Waals surface area (Å²) < 4.78 is 21.4. The molecule has 0 saturated carbocycles. The molecule has 9 N–H and O–H groups in total. The first-order valence-corrected chi connectivity index (χ1v) is 12.6. The van der Waals surface area contributed by atoms with Crippen LogP contribution in [0.5, 0.6) is 0 Å². The number of hydrogen-bond acceptors (Lipinski definition) is 13. The van der Waals surface area contributed by atoms with E-state index in [2.05, 4.69) is 10.6 Å². The minimum absolute atomic E-state index is 0.136. The van der Waals surface area contributed by atoms with Gasteiger partial charge in [-0.1, -0.05) is 30.3 Å². The number of carbonyl (C=O) groups excluding carboxylic acids is 2. The Kier molecular flexibility index (Phi) is 12.9. The molecular formula is C25H40N2O13. The van der Waals surface area contributed by atoms with E-state index in [0.717, 1.165) is 0 Å². The Morgan fingerprint density at radius 1 is 1.00 bits per heavy atom. The van der Waals surface area contributed by atoms with Crippen molar-refractivity contribution in [2.75, 3.05) is 19.8 Å². The van der Waals surface area contributed by atoms with Crippen molar-refractivity contribution >= 4 is 12.2 Å². The highest BCUT2D eigenvalue weighted by atomic mass is 16.7. The van der Waals surface area contributed by atoms with Crippen LogP contribution in [0.15, 0.2) is 30.3 Å². The van der Waals surface area contributed by atoms with Crippen LogP contribution in [-0.4, -0.2) is 128 Å². The maximum absolute atomic E-state index is 12.5. The second kappa shape index (κ2) is 15.4. The number of amides is 2. The highest BCUT2D eigenvalue weighted by Gasteiger charge is 2.48. The van der Waals surface area contributed by atoms with E-state index < -0.39 is 92.6 Å². The molecule has 0 aromatic heterocycles. The fourth-order valence-corrected chi connectivity index (χ4v) is 3.84. The van der Waals surface area contributed by atoms with E-state index in [9.17, 15) is 45.3 Å². The van der Waals surface area contributed by atoms with E-state index in [1.165, 1.54) is 0 Å². The molecule has 0 radical (unpaired) electrons. The highest BCUT2D eigenvalue weighted by molar-refractivity contribution is 5.68. The third kappa shape index (κ3) is 9.79. The first-order chi connectivity index (χ1) is 18.8. The number of ether oxygens (including phenoxy) is 4. The Morgan fingerprint density at radius 3 is 2.20 bits per heavy atom. The minimum Gasteiger partial charge on any atom is -0.445 e. The summed E-state index contributed by atoms with van der Waals surface area (Å²) in [5.74, 6) is 0. The summed E-state index contributed by atoms with van der Waals surface area (Å²) in [5.41, 5.74) is -0.247. The van der Waals surface area contributed by atoms with Crippen molar-refractivity contribution in [2.45, 2.75) is 88.0 Å². The Hall–Kier alpha value is -2.60. The molecule has 2 rings (SSSR count). The summed E-state index contributed by atoms with van der Waals surface area (Å²) in [6.45, 7) is 2.06. The Bertz CT molecular complexity index is 916. The molecule has 15 heteroatoms. The predicted molar refractivity (Wildman–Crippen MR) is 136 cm³/mol. The first-order valence-electron chi connectivity index (χ1n) is 12.6. The average molecular weight is 577 g/mol. The standard InChI is InChI=1S/C25H40N2O13/c1-25(2,3)40-24(36)26-14(9-28)18(32)21(15(31)10-29)39-22-17(20(34)19(33)16(11-30)38-22)27-23(35)37-12-13-7-5-4-6-8-13/h4-8,14-22,28-34H,9-12H2,1-3H3,(H,26,36)(H,27,35)/t14?,15?,16?,17?,18-,19+,20-,21+,22+/m1/s1. The molecule has 1 fully saturated rings. The van der Waals surface area contributed by atoms with Gasteiger partial charge in [0.25, 0.3) is 0 Å². The van der Waals surface area contributed by atoms with Gasteiger partial charge in [0.15, 0.2) is 6.29 Å². The zero-order valence-electron chi connectivity index (χ0n) is 22.5. The molecule has 1 aliphatic rings. The van der Waals surface area contributed by atoms with Crippen LogP contribution >= 0.6 is 0 Å². The topological polar surface area (TPSA) is 237 Å². The molecule has 1 aromatic carbocycles. The van der Waals surface area contributed by atoms with Crippen molar-refractivity contribution in [1.82, 2.24) is 10.6 Å². The van der Waals surface area contributed by atoms with Gasteiger partial charge in [0.05, 0.1) is 25.9 Å². The molecule has 1 heterocycles. The fraction of sp³-hybridized carbons (Fsp3) is 0.680. The number of benzene rings is 1. The SMILES string of the molecule is CC(C)(C)OC(=O)NC(CO)[C@@H](O)[C@@H](O[C@@H]1OC(CO)[C@H](O)[C@H](O)C1NC(=O)OCc1ccccc1)C(O)CO. The van der Waals surface area contributed by atoms with E-state index in [-0.39, 0.29) is 6.61 Å². The summed E-state index contributed by atoms with van der Waals surface area (Å²) in [5, 5.41) is 75.9. The molecule has 40 heavy (non-hydrogen) atoms. The summed E-state index contributed by atoms with van der Waals surface area (Å²) in [4.78, 5) is 24.7. The zero-order chi connectivity index (χ0) is 30.0. The van der Waals surface area contributed by atoms with Gasteiger partial charge in [0.2, 0.25) is 0 Å². The van der Waals surface area contributed by atoms with Crippen molar-refractivity contribution in [2.24, 2.45) is 0 Å². The lowest BCUT2D eigenvalue weighted by atomic mass is 9.96. The maximum atomic E-state index is 12.5. The Labute approximate surface area is 231 Å². The van der Waals surface area contributed by atoms with Crippen LogP contribution in [-0.2, 0) is 25.6 Å². The van der Waals surface area contributed by atoms with Crippen LogP contribution in [0, 0.1) is 0 Å². The van der Waals surface area contributed by atoms with E-state index in [4.69, 9.17) is 18.9 Å². The highest BCUT2D eigenvalue weighted by Crippen LogP contribution is 2.25. The summed E-state index contributed by atoms with van der Waals surface area (Å²) in [6.07, 6.45) is -14.2. The molecule has 15 nitrogen and oxygen atoms in total. The monoisotopic (exact) mass is 576 g/mol. The second-order valence-electron chi connectivity index (χ2n) is 10.2. The van der Waals surface area contributed by atoms with E-state index in [1.807, 2.05) is 0 Å². The van der Waals surface area contributed by atoms with Gasteiger partial charge in [-0.2, -0.15) is 0 Å². The number of aliphatic hydroxyl groups excluding tert-OH is 7. The number of nitrogens with one attached hydrogen (secondary N) is 2. The Balaban J connectivity index is 2.23. The van der Waals surface area contributed by atoms with Crippen LogP contribution in [0.2, 0.25) is 0 Å². The van der Waals surface area contributed by atoms with Crippen molar-refractivity contribution in [1.29, 1.82) is 0 Å². The van der Waals surface area contributed by atoms with Gasteiger partial charge in [0, 0.05) is 0 Å². The molecule has 228 valence electrons. The van der Waals surface area contributed by atoms with Gasteiger partial charge in [0.1, 0.15) is 54.9 Å². The van der Waals surface area contributed by atoms with Crippen molar-refractivity contribution in [3.63, 3.8) is 0 Å². The Morgan fingerprint density at radius 2 is 1.65 bits per heavy atom. The number of rotatable bonds is 12. The lowest BCUT2D eigenvalue weighted by Gasteiger charge is -2.44. The van der Waals surface area contributed by atoms with Gasteiger partial charge >= 0.3 is 12.2 Å². The van der Waals surface area contributed by atoms with Crippen LogP contribution < -0.4 is 10.6 Å². The van der Waals surface area contributed by atoms with Crippen molar-refractivity contribution in [3.05, 3.63) is 35.9 Å². The summed E-state index contributed by atoms with van der Waals surface area (Å²) >= 11 is 0. The number of aliphatic hydroxyl groups is 7. The van der Waals surface area contributed by atoms with E-state index in [1.54, 1.807) is 51.1 Å². The fourth-order valence-electron chi connectivity index (χ4n) is 3.84. The van der Waals surface area contributed by atoms with Crippen molar-refractivity contribution in [3.8, 4) is 0 Å². The molecule has 1 aromatic rings. The van der Waals surface area contributed by atoms with Gasteiger partial charge < -0.3 is 65.3 Å². The van der Waals surface area contributed by atoms with Crippen molar-refractivity contribution < 1.29 is 64.3 Å². The minimum atomic E-state index is -1.90. The molecule has 2 amide bonds. The smallest absolute Gasteiger partial charge is 0.408 e. The molecule has 0 aliphatic carbocycles. The summed E-state index contributed by atoms with van der Waals surface area (Å²) in [6, 6.07) is 5.62. The number of hydrogen-bond donors (Lipinski definition) is 9. The third-order valence-electron chi connectivity index (χ3n) is 5.88. The van der Waals surface area contributed by atoms with Gasteiger partial charge in [-0.3, -0.25) is 0 Å². The maximum Gasteiger partial charge on any atom is 0.408 e. The molecular weight excluding hydrogens is 536 g/mol.